The van der Waals surface area contributed by atoms with Gasteiger partial charge in [-0.05, 0) is 19.3 Å². The summed E-state index contributed by atoms with van der Waals surface area (Å²) in [7, 11) is 0. The molecule has 0 radical (unpaired) electrons. The Morgan fingerprint density at radius 3 is 3.00 bits per heavy atom. The van der Waals surface area contributed by atoms with E-state index in [1.165, 1.54) is 0 Å². The van der Waals surface area contributed by atoms with Crippen molar-refractivity contribution in [2.75, 3.05) is 6.61 Å². The second kappa shape index (κ2) is 5.60. The lowest BCUT2D eigenvalue weighted by Gasteiger charge is -2.11. The second-order valence-electron chi connectivity index (χ2n) is 4.65. The number of ether oxygens (including phenoxy) is 1. The molecule has 2 heterocycles. The standard InChI is InChI=1S/C12H20N2O3/c1-3-10(15)8(2)12-13-11(14-17-12)7-9-5-4-6-16-9/h8-10,15H,3-7H2,1-2H3. The molecular formula is C12H20N2O3. The molecule has 1 fully saturated rings. The fourth-order valence-corrected chi connectivity index (χ4v) is 2.06. The van der Waals surface area contributed by atoms with Crippen LogP contribution in [0.5, 0.6) is 0 Å². The van der Waals surface area contributed by atoms with E-state index in [9.17, 15) is 5.11 Å². The molecule has 0 aliphatic carbocycles. The largest absolute Gasteiger partial charge is 0.392 e. The van der Waals surface area contributed by atoms with E-state index in [-0.39, 0.29) is 12.0 Å². The van der Waals surface area contributed by atoms with Gasteiger partial charge in [-0.15, -0.1) is 0 Å². The van der Waals surface area contributed by atoms with Gasteiger partial charge < -0.3 is 14.4 Å². The molecule has 96 valence electrons. The van der Waals surface area contributed by atoms with Crippen LogP contribution < -0.4 is 0 Å². The number of aromatic nitrogens is 2. The Labute approximate surface area is 101 Å². The van der Waals surface area contributed by atoms with Gasteiger partial charge in [-0.25, -0.2) is 0 Å². The molecule has 0 amide bonds. The van der Waals surface area contributed by atoms with Crippen LogP contribution in [-0.2, 0) is 11.2 Å². The molecular weight excluding hydrogens is 220 g/mol. The minimum absolute atomic E-state index is 0.106. The molecule has 3 unspecified atom stereocenters. The molecule has 1 N–H and O–H groups in total. The molecule has 1 saturated heterocycles. The fraction of sp³-hybridized carbons (Fsp3) is 0.833. The summed E-state index contributed by atoms with van der Waals surface area (Å²) in [5.74, 6) is 1.10. The number of hydrogen-bond donors (Lipinski definition) is 1. The lowest BCUT2D eigenvalue weighted by molar-refractivity contribution is 0.109. The van der Waals surface area contributed by atoms with Gasteiger partial charge in [0.05, 0.1) is 18.1 Å². The molecule has 0 aromatic carbocycles. The number of hydrogen-bond acceptors (Lipinski definition) is 5. The predicted octanol–water partition coefficient (Wildman–Crippen LogP) is 1.67. The highest BCUT2D eigenvalue weighted by Crippen LogP contribution is 2.21. The van der Waals surface area contributed by atoms with Crippen molar-refractivity contribution in [2.45, 2.75) is 57.7 Å². The van der Waals surface area contributed by atoms with Gasteiger partial charge in [-0.2, -0.15) is 4.98 Å². The third-order valence-corrected chi connectivity index (χ3v) is 3.30. The molecule has 2 rings (SSSR count). The van der Waals surface area contributed by atoms with Crippen molar-refractivity contribution < 1.29 is 14.4 Å². The summed E-state index contributed by atoms with van der Waals surface area (Å²) in [6, 6.07) is 0. The third kappa shape index (κ3) is 3.04. The molecule has 0 spiro atoms. The lowest BCUT2D eigenvalue weighted by atomic mass is 10.0. The summed E-state index contributed by atoms with van der Waals surface area (Å²) < 4.78 is 10.7. The maximum Gasteiger partial charge on any atom is 0.232 e. The molecule has 1 aromatic rings. The van der Waals surface area contributed by atoms with E-state index < -0.39 is 6.10 Å². The Balaban J connectivity index is 1.95. The molecule has 5 heteroatoms. The fourth-order valence-electron chi connectivity index (χ4n) is 2.06. The first-order valence-electron chi connectivity index (χ1n) is 6.32. The lowest BCUT2D eigenvalue weighted by Crippen LogP contribution is -2.15. The van der Waals surface area contributed by atoms with Crippen LogP contribution >= 0.6 is 0 Å². The first kappa shape index (κ1) is 12.5. The quantitative estimate of drug-likeness (QED) is 0.847. The summed E-state index contributed by atoms with van der Waals surface area (Å²) in [5.41, 5.74) is 0. The average molecular weight is 240 g/mol. The van der Waals surface area contributed by atoms with Crippen molar-refractivity contribution in [1.82, 2.24) is 10.1 Å². The Bertz CT molecular complexity index is 347. The third-order valence-electron chi connectivity index (χ3n) is 3.30. The van der Waals surface area contributed by atoms with Crippen LogP contribution in [0.25, 0.3) is 0 Å². The van der Waals surface area contributed by atoms with Crippen LogP contribution in [0.1, 0.15) is 50.7 Å². The van der Waals surface area contributed by atoms with Crippen LogP contribution in [0.15, 0.2) is 4.52 Å². The molecule has 3 atom stereocenters. The van der Waals surface area contributed by atoms with Crippen LogP contribution in [0.4, 0.5) is 0 Å². The van der Waals surface area contributed by atoms with Crippen LogP contribution in [0, 0.1) is 0 Å². The van der Waals surface area contributed by atoms with Crippen LogP contribution in [0.3, 0.4) is 0 Å². The Hall–Kier alpha value is -0.940. The average Bonchev–Trinajstić information content (AvgIpc) is 2.99. The summed E-state index contributed by atoms with van der Waals surface area (Å²) in [6.07, 6.45) is 3.37. The van der Waals surface area contributed by atoms with Crippen molar-refractivity contribution in [3.8, 4) is 0 Å². The highest BCUT2D eigenvalue weighted by atomic mass is 16.5. The van der Waals surface area contributed by atoms with Crippen LogP contribution in [0.2, 0.25) is 0 Å². The topological polar surface area (TPSA) is 68.4 Å². The van der Waals surface area contributed by atoms with E-state index in [4.69, 9.17) is 9.26 Å². The van der Waals surface area contributed by atoms with E-state index in [0.29, 0.717) is 24.6 Å². The van der Waals surface area contributed by atoms with E-state index in [1.807, 2.05) is 13.8 Å². The summed E-state index contributed by atoms with van der Waals surface area (Å²) in [6.45, 7) is 4.67. The van der Waals surface area contributed by atoms with E-state index in [2.05, 4.69) is 10.1 Å². The highest BCUT2D eigenvalue weighted by molar-refractivity contribution is 4.96. The molecule has 1 aliphatic heterocycles. The van der Waals surface area contributed by atoms with Crippen LogP contribution in [-0.4, -0.2) is 34.1 Å². The van der Waals surface area contributed by atoms with E-state index in [0.717, 1.165) is 19.4 Å². The van der Waals surface area contributed by atoms with Gasteiger partial charge in [0.15, 0.2) is 5.82 Å². The Morgan fingerprint density at radius 1 is 1.53 bits per heavy atom. The van der Waals surface area contributed by atoms with Gasteiger partial charge >= 0.3 is 0 Å². The highest BCUT2D eigenvalue weighted by Gasteiger charge is 2.23. The Morgan fingerprint density at radius 2 is 2.35 bits per heavy atom. The number of aliphatic hydroxyl groups excluding tert-OH is 1. The first-order chi connectivity index (χ1) is 8.20. The summed E-state index contributed by atoms with van der Waals surface area (Å²) in [5, 5.41) is 13.7. The van der Waals surface area contributed by atoms with Crippen molar-refractivity contribution in [3.63, 3.8) is 0 Å². The second-order valence-corrected chi connectivity index (χ2v) is 4.65. The zero-order valence-corrected chi connectivity index (χ0v) is 10.4. The molecule has 1 aliphatic rings. The van der Waals surface area contributed by atoms with Crippen molar-refractivity contribution in [3.05, 3.63) is 11.7 Å². The number of aliphatic hydroxyl groups is 1. The maximum atomic E-state index is 9.72. The van der Waals surface area contributed by atoms with E-state index >= 15 is 0 Å². The van der Waals surface area contributed by atoms with Gasteiger partial charge in [0.25, 0.3) is 0 Å². The van der Waals surface area contributed by atoms with Gasteiger partial charge in [0.2, 0.25) is 5.89 Å². The van der Waals surface area contributed by atoms with Crippen molar-refractivity contribution in [1.29, 1.82) is 0 Å². The van der Waals surface area contributed by atoms with Gasteiger partial charge in [0, 0.05) is 13.0 Å². The van der Waals surface area contributed by atoms with Crippen molar-refractivity contribution in [2.24, 2.45) is 0 Å². The molecule has 0 saturated carbocycles. The SMILES string of the molecule is CCC(O)C(C)c1nc(CC2CCCO2)no1. The van der Waals surface area contributed by atoms with Crippen molar-refractivity contribution >= 4 is 0 Å². The smallest absolute Gasteiger partial charge is 0.232 e. The van der Waals surface area contributed by atoms with Gasteiger partial charge in [-0.3, -0.25) is 0 Å². The molecule has 0 bridgehead atoms. The molecule has 17 heavy (non-hydrogen) atoms. The minimum atomic E-state index is -0.425. The minimum Gasteiger partial charge on any atom is -0.392 e. The van der Waals surface area contributed by atoms with Gasteiger partial charge in [-0.1, -0.05) is 19.0 Å². The normalized spacial score (nSPS) is 23.8. The first-order valence-corrected chi connectivity index (χ1v) is 6.32. The molecule has 5 nitrogen and oxygen atoms in total. The maximum absolute atomic E-state index is 9.72. The predicted molar refractivity (Wildman–Crippen MR) is 61.7 cm³/mol. The molecule has 1 aromatic heterocycles. The number of nitrogens with zero attached hydrogens (tertiary/aromatic N) is 2. The van der Waals surface area contributed by atoms with Gasteiger partial charge in [0.1, 0.15) is 0 Å². The number of rotatable bonds is 5. The zero-order chi connectivity index (χ0) is 12.3. The Kier molecular flexibility index (Phi) is 4.12. The summed E-state index contributed by atoms with van der Waals surface area (Å²) in [4.78, 5) is 4.32. The monoisotopic (exact) mass is 240 g/mol. The summed E-state index contributed by atoms with van der Waals surface area (Å²) >= 11 is 0. The zero-order valence-electron chi connectivity index (χ0n) is 10.4. The van der Waals surface area contributed by atoms with E-state index in [1.54, 1.807) is 0 Å².